The number of nitrogens with one attached hydrogen (secondary N) is 2. The summed E-state index contributed by atoms with van der Waals surface area (Å²) in [5.74, 6) is 1.89. The quantitative estimate of drug-likeness (QED) is 0.142. The van der Waals surface area contributed by atoms with Gasteiger partial charge in [0, 0.05) is 25.9 Å². The molecule has 8 aliphatic carbocycles. The van der Waals surface area contributed by atoms with Gasteiger partial charge in [0.1, 0.15) is 12.2 Å². The molecule has 1 aromatic carbocycles. The lowest BCUT2D eigenvalue weighted by atomic mass is 9.43. The molecule has 16 aliphatic rings. The molecule has 14 nitrogen and oxygen atoms in total. The highest BCUT2D eigenvalue weighted by atomic mass is 16.6. The number of fused-ring (bicyclic) bond motifs is 1. The minimum atomic E-state index is -0.724. The number of benzene rings is 1. The third-order valence-electron chi connectivity index (χ3n) is 24.0. The molecular formula is C62H90N2O12. The van der Waals surface area contributed by atoms with Gasteiger partial charge in [-0.3, -0.25) is 9.59 Å². The molecule has 0 aromatic heterocycles. The van der Waals surface area contributed by atoms with Gasteiger partial charge in [0.25, 0.3) is 0 Å². The van der Waals surface area contributed by atoms with Crippen molar-refractivity contribution in [3.8, 4) is 0 Å². The average Bonchev–Trinajstić information content (AvgIpc) is 3.98. The maximum Gasteiger partial charge on any atom is 0.344 e. The van der Waals surface area contributed by atoms with Gasteiger partial charge in [-0.05, 0) is 233 Å². The van der Waals surface area contributed by atoms with E-state index in [9.17, 15) is 39.0 Å². The number of amides is 2. The van der Waals surface area contributed by atoms with E-state index in [1.807, 2.05) is 0 Å². The van der Waals surface area contributed by atoms with Gasteiger partial charge in [0.15, 0.2) is 13.2 Å². The highest BCUT2D eigenvalue weighted by molar-refractivity contribution is 5.94. The SMILES string of the molecule is C[C@@H]1CCC(=O)NCCNC(=O)CC[C@@H](C)[C@H]2CC[C@H]3[C@@H]4CCC5C[C@@H](CC[C@]5(C)[C@H]4C[C@H](O)[C@]23C)OC(=O)COC(=O)c2ccc(cc2)C(=O)OCC(=O)O[C@@H]2CC[C@@]3(C)C(CC[C@H]4[C@@H]5CC[C@H]1[C@@]5(C)[C@@H](O)C[C@@H]43)C2. The van der Waals surface area contributed by atoms with Crippen molar-refractivity contribution in [2.75, 3.05) is 26.3 Å². The largest absolute Gasteiger partial charge is 0.460 e. The predicted molar refractivity (Wildman–Crippen MR) is 283 cm³/mol. The zero-order valence-electron chi connectivity index (χ0n) is 46.5. The smallest absolute Gasteiger partial charge is 0.344 e. The van der Waals surface area contributed by atoms with Crippen LogP contribution in [0.15, 0.2) is 24.3 Å². The lowest BCUT2D eigenvalue weighted by Gasteiger charge is -2.62. The van der Waals surface area contributed by atoms with E-state index in [2.05, 4.69) is 52.2 Å². The number of hydrogen-bond donors (Lipinski definition) is 4. The Bertz CT molecular complexity index is 2180. The molecule has 76 heavy (non-hydrogen) atoms. The summed E-state index contributed by atoms with van der Waals surface area (Å²) in [6.45, 7) is 13.7. The molecule has 8 heterocycles. The Balaban J connectivity index is 0.784. The van der Waals surface area contributed by atoms with E-state index in [0.717, 1.165) is 103 Å². The maximum atomic E-state index is 13.2. The van der Waals surface area contributed by atoms with E-state index >= 15 is 0 Å². The van der Waals surface area contributed by atoms with Crippen LogP contribution in [0.1, 0.15) is 191 Å². The van der Waals surface area contributed by atoms with Crippen molar-refractivity contribution in [2.45, 2.75) is 194 Å². The van der Waals surface area contributed by atoms with Gasteiger partial charge in [-0.2, -0.15) is 0 Å². The van der Waals surface area contributed by atoms with E-state index in [1.165, 1.54) is 24.3 Å². The Morgan fingerprint density at radius 1 is 0.474 bits per heavy atom. The highest BCUT2D eigenvalue weighted by Gasteiger charge is 2.66. The van der Waals surface area contributed by atoms with Crippen LogP contribution in [0, 0.1) is 92.7 Å². The number of aliphatic hydroxyl groups is 2. The average molecular weight is 1060 g/mol. The molecule has 8 fully saturated rings. The third-order valence-corrected chi connectivity index (χ3v) is 24.0. The van der Waals surface area contributed by atoms with Gasteiger partial charge in [0.2, 0.25) is 11.8 Å². The Morgan fingerprint density at radius 2 is 0.855 bits per heavy atom. The maximum absolute atomic E-state index is 13.2. The number of carbonyl (C=O) groups excluding carboxylic acids is 6. The first-order valence-corrected chi connectivity index (χ1v) is 30.0. The van der Waals surface area contributed by atoms with Crippen molar-refractivity contribution in [3.05, 3.63) is 35.4 Å². The second kappa shape index (κ2) is 21.9. The lowest BCUT2D eigenvalue weighted by Crippen LogP contribution is -2.59. The van der Waals surface area contributed by atoms with Crippen molar-refractivity contribution >= 4 is 35.7 Å². The fraction of sp³-hybridized carbons (Fsp3) is 0.806. The molecule has 18 bridgehead atoms. The van der Waals surface area contributed by atoms with Crippen LogP contribution in [-0.4, -0.2) is 96.6 Å². The molecule has 0 spiro atoms. The zero-order chi connectivity index (χ0) is 53.9. The topological polar surface area (TPSA) is 204 Å². The zero-order valence-corrected chi connectivity index (χ0v) is 46.5. The molecule has 8 saturated carbocycles. The lowest BCUT2D eigenvalue weighted by molar-refractivity contribution is -0.182. The van der Waals surface area contributed by atoms with Gasteiger partial charge < -0.3 is 39.8 Å². The standard InChI is InChI=1S/C62H90N2O12/c1-35-7-21-53(67)63-27-28-64-54(68)22-8-36(2)46-18-20-48-44-16-14-40-30-42(24-26-60(40,4)50(44)32-52(66)62(46,48)6)76-56(70)34-74-58(72)38-11-9-37(10-12-38)57(71)73-33-55(69)75-41-23-25-59(3)39(29-41)13-15-43-47-19-17-45(35)61(47,5)51(65)31-49(43)59/h9-12,35-36,39-52,65-66H,7-8,13-34H2,1-6H3,(H,63,67)(H,64,68)/t35-,36-,39?,40?,41-,42-,43+,44+,45-,46-,47+,48+,49+,50+,51+,52+,59+,60+,61-,62-/m1/s1. The molecule has 14 heteroatoms. The van der Waals surface area contributed by atoms with Gasteiger partial charge >= 0.3 is 23.9 Å². The molecule has 20 atom stereocenters. The fourth-order valence-electron chi connectivity index (χ4n) is 19.8. The van der Waals surface area contributed by atoms with Crippen LogP contribution in [0.25, 0.3) is 0 Å². The van der Waals surface area contributed by atoms with Crippen LogP contribution in [-0.2, 0) is 38.1 Å². The van der Waals surface area contributed by atoms with Crippen LogP contribution < -0.4 is 10.6 Å². The van der Waals surface area contributed by atoms with E-state index in [1.54, 1.807) is 0 Å². The second-order valence-corrected chi connectivity index (χ2v) is 27.2. The summed E-state index contributed by atoms with van der Waals surface area (Å²) in [7, 11) is 0. The molecule has 2 amide bonds. The number of hydrogen-bond acceptors (Lipinski definition) is 12. The molecule has 4 N–H and O–H groups in total. The van der Waals surface area contributed by atoms with Gasteiger partial charge in [-0.15, -0.1) is 0 Å². The van der Waals surface area contributed by atoms with Crippen LogP contribution in [0.4, 0.5) is 0 Å². The first kappa shape index (κ1) is 55.3. The molecular weight excluding hydrogens is 965 g/mol. The monoisotopic (exact) mass is 1050 g/mol. The molecule has 420 valence electrons. The Morgan fingerprint density at radius 3 is 1.25 bits per heavy atom. The minimum Gasteiger partial charge on any atom is -0.460 e. The van der Waals surface area contributed by atoms with E-state index in [-0.39, 0.29) is 68.6 Å². The predicted octanol–water partition coefficient (Wildman–Crippen LogP) is 9.16. The fourth-order valence-corrected chi connectivity index (χ4v) is 19.8. The second-order valence-electron chi connectivity index (χ2n) is 27.2. The van der Waals surface area contributed by atoms with Gasteiger partial charge in [0.05, 0.1) is 23.3 Å². The Kier molecular flexibility index (Phi) is 15.9. The molecule has 2 unspecified atom stereocenters. The normalized spacial score (nSPS) is 45.9. The number of esters is 4. The minimum absolute atomic E-state index is 0.00301. The van der Waals surface area contributed by atoms with E-state index in [4.69, 9.17) is 18.9 Å². The van der Waals surface area contributed by atoms with Crippen molar-refractivity contribution in [1.82, 2.24) is 10.6 Å². The Hall–Kier alpha value is -4.04. The number of rotatable bonds is 0. The van der Waals surface area contributed by atoms with Crippen LogP contribution in [0.5, 0.6) is 0 Å². The van der Waals surface area contributed by atoms with Crippen molar-refractivity contribution in [2.24, 2.45) is 92.7 Å². The van der Waals surface area contributed by atoms with Crippen molar-refractivity contribution < 1.29 is 57.9 Å². The van der Waals surface area contributed by atoms with Crippen LogP contribution >= 0.6 is 0 Å². The molecule has 1 aromatic rings. The van der Waals surface area contributed by atoms with E-state index < -0.39 is 49.3 Å². The Labute approximate surface area is 451 Å². The summed E-state index contributed by atoms with van der Waals surface area (Å²) in [6, 6.07) is 5.70. The van der Waals surface area contributed by atoms with Crippen molar-refractivity contribution in [1.29, 1.82) is 0 Å². The summed E-state index contributed by atoms with van der Waals surface area (Å²) in [6.07, 6.45) is 15.7. The number of carbonyl (C=O) groups is 6. The number of ether oxygens (including phenoxy) is 4. The summed E-state index contributed by atoms with van der Waals surface area (Å²) in [5.41, 5.74) is -0.0744. The van der Waals surface area contributed by atoms with Gasteiger partial charge in [-0.25, -0.2) is 19.2 Å². The highest BCUT2D eigenvalue weighted by Crippen LogP contribution is 2.70. The summed E-state index contributed by atoms with van der Waals surface area (Å²) < 4.78 is 22.6. The third kappa shape index (κ3) is 10.2. The van der Waals surface area contributed by atoms with Crippen molar-refractivity contribution in [3.63, 3.8) is 0 Å². The van der Waals surface area contributed by atoms with Crippen LogP contribution in [0.3, 0.4) is 0 Å². The first-order chi connectivity index (χ1) is 36.2. The molecule has 0 radical (unpaired) electrons. The molecule has 0 saturated heterocycles. The summed E-state index contributed by atoms with van der Waals surface area (Å²) >= 11 is 0. The summed E-state index contributed by atoms with van der Waals surface area (Å²) in [4.78, 5) is 78.6. The first-order valence-electron chi connectivity index (χ1n) is 30.0. The van der Waals surface area contributed by atoms with E-state index in [0.29, 0.717) is 98.0 Å². The van der Waals surface area contributed by atoms with Crippen LogP contribution in [0.2, 0.25) is 0 Å². The summed E-state index contributed by atoms with van der Waals surface area (Å²) in [5, 5.41) is 30.5. The number of aliphatic hydroxyl groups excluding tert-OH is 2. The molecule has 8 aliphatic heterocycles. The van der Waals surface area contributed by atoms with Gasteiger partial charge in [-0.1, -0.05) is 41.5 Å². The molecule has 17 rings (SSSR count).